The second-order valence-electron chi connectivity index (χ2n) is 4.39. The Labute approximate surface area is 121 Å². The molecule has 6 nitrogen and oxygen atoms in total. The lowest BCUT2D eigenvalue weighted by Crippen LogP contribution is -2.30. The molecular formula is C15H13NO5. The third-order valence-electron chi connectivity index (χ3n) is 2.90. The van der Waals surface area contributed by atoms with Crippen LogP contribution in [0.3, 0.4) is 0 Å². The maximum absolute atomic E-state index is 11.8. The zero-order valence-electron chi connectivity index (χ0n) is 11.6. The van der Waals surface area contributed by atoms with Gasteiger partial charge in [-0.05, 0) is 32.0 Å². The molecular weight excluding hydrogens is 274 g/mol. The van der Waals surface area contributed by atoms with Crippen LogP contribution in [0, 0.1) is 0 Å². The van der Waals surface area contributed by atoms with Crippen molar-refractivity contribution in [1.29, 1.82) is 0 Å². The molecule has 21 heavy (non-hydrogen) atoms. The van der Waals surface area contributed by atoms with Gasteiger partial charge in [0.2, 0.25) is 0 Å². The zero-order chi connectivity index (χ0) is 15.6. The van der Waals surface area contributed by atoms with Gasteiger partial charge >= 0.3 is 5.97 Å². The third-order valence-corrected chi connectivity index (χ3v) is 2.90. The van der Waals surface area contributed by atoms with Crippen LogP contribution < -0.4 is 4.90 Å². The molecule has 0 spiro atoms. The number of hydrogen-bond acceptors (Lipinski definition) is 5. The highest BCUT2D eigenvalue weighted by molar-refractivity contribution is 6.28. The molecule has 0 saturated heterocycles. The van der Waals surface area contributed by atoms with Gasteiger partial charge in [0.15, 0.2) is 5.78 Å². The molecule has 1 aromatic carbocycles. The minimum atomic E-state index is -0.617. The molecule has 0 unspecified atom stereocenters. The van der Waals surface area contributed by atoms with Crippen LogP contribution in [0.15, 0.2) is 30.4 Å². The van der Waals surface area contributed by atoms with Gasteiger partial charge in [-0.15, -0.1) is 0 Å². The number of rotatable bonds is 4. The van der Waals surface area contributed by atoms with E-state index in [9.17, 15) is 19.2 Å². The van der Waals surface area contributed by atoms with Crippen molar-refractivity contribution >= 4 is 29.3 Å². The molecule has 108 valence electrons. The summed E-state index contributed by atoms with van der Waals surface area (Å²) in [7, 11) is 0. The predicted molar refractivity (Wildman–Crippen MR) is 74.0 cm³/mol. The SMILES string of the molecule is CCOC(=O)c1cc(C(C)=O)cc(N2C(=O)C=CC2=O)c1. The number of imide groups is 1. The highest BCUT2D eigenvalue weighted by Crippen LogP contribution is 2.23. The van der Waals surface area contributed by atoms with Crippen LogP contribution >= 0.6 is 0 Å². The molecule has 0 N–H and O–H groups in total. The number of hydrogen-bond donors (Lipinski definition) is 0. The number of ketones is 1. The second kappa shape index (κ2) is 5.70. The van der Waals surface area contributed by atoms with Crippen molar-refractivity contribution in [3.8, 4) is 0 Å². The first-order valence-corrected chi connectivity index (χ1v) is 6.33. The number of ether oxygens (including phenoxy) is 1. The van der Waals surface area contributed by atoms with Gasteiger partial charge in [0.1, 0.15) is 0 Å². The first-order chi connectivity index (χ1) is 9.93. The smallest absolute Gasteiger partial charge is 0.338 e. The number of nitrogens with zero attached hydrogens (tertiary/aromatic N) is 1. The number of esters is 1. The molecule has 1 aliphatic heterocycles. The summed E-state index contributed by atoms with van der Waals surface area (Å²) in [6, 6.07) is 4.13. The van der Waals surface area contributed by atoms with E-state index in [4.69, 9.17) is 4.74 Å². The summed E-state index contributed by atoms with van der Waals surface area (Å²) in [5.74, 6) is -1.94. The molecule has 2 amide bonds. The monoisotopic (exact) mass is 287 g/mol. The summed E-state index contributed by atoms with van der Waals surface area (Å²) in [5, 5.41) is 0. The van der Waals surface area contributed by atoms with Gasteiger partial charge in [0, 0.05) is 17.7 Å². The van der Waals surface area contributed by atoms with E-state index in [0.717, 1.165) is 17.1 Å². The Kier molecular flexibility index (Phi) is 3.98. The summed E-state index contributed by atoms with van der Waals surface area (Å²) in [5.41, 5.74) is 0.515. The zero-order valence-corrected chi connectivity index (χ0v) is 11.6. The van der Waals surface area contributed by atoms with Crippen LogP contribution in [0.2, 0.25) is 0 Å². The Hall–Kier alpha value is -2.76. The standard InChI is InChI=1S/C15H13NO5/c1-3-21-15(20)11-6-10(9(2)17)7-12(8-11)16-13(18)4-5-14(16)19/h4-8H,3H2,1-2H3. The Bertz CT molecular complexity index is 657. The van der Waals surface area contributed by atoms with Crippen LogP contribution in [-0.2, 0) is 14.3 Å². The Morgan fingerprint density at radius 1 is 1.05 bits per heavy atom. The summed E-state index contributed by atoms with van der Waals surface area (Å²) in [6.07, 6.45) is 2.26. The average molecular weight is 287 g/mol. The Balaban J connectivity index is 2.51. The fraction of sp³-hybridized carbons (Fsp3) is 0.200. The van der Waals surface area contributed by atoms with Gasteiger partial charge in [-0.1, -0.05) is 0 Å². The van der Waals surface area contributed by atoms with Crippen molar-refractivity contribution in [3.05, 3.63) is 41.5 Å². The molecule has 0 fully saturated rings. The third kappa shape index (κ3) is 2.89. The summed E-state index contributed by atoms with van der Waals surface area (Å²) in [4.78, 5) is 47.6. The number of benzene rings is 1. The van der Waals surface area contributed by atoms with Crippen LogP contribution in [0.25, 0.3) is 0 Å². The van der Waals surface area contributed by atoms with E-state index < -0.39 is 17.8 Å². The van der Waals surface area contributed by atoms with E-state index >= 15 is 0 Å². The molecule has 0 saturated carbocycles. The summed E-state index contributed by atoms with van der Waals surface area (Å²) >= 11 is 0. The fourth-order valence-electron chi connectivity index (χ4n) is 1.93. The number of anilines is 1. The summed E-state index contributed by atoms with van der Waals surface area (Å²) in [6.45, 7) is 3.17. The highest BCUT2D eigenvalue weighted by Gasteiger charge is 2.26. The van der Waals surface area contributed by atoms with Crippen LogP contribution in [0.4, 0.5) is 5.69 Å². The van der Waals surface area contributed by atoms with Gasteiger partial charge in [-0.25, -0.2) is 9.69 Å². The quantitative estimate of drug-likeness (QED) is 0.476. The largest absolute Gasteiger partial charge is 0.462 e. The first-order valence-electron chi connectivity index (χ1n) is 6.33. The van der Waals surface area contributed by atoms with Gasteiger partial charge < -0.3 is 4.74 Å². The van der Waals surface area contributed by atoms with Crippen molar-refractivity contribution in [2.45, 2.75) is 13.8 Å². The fourth-order valence-corrected chi connectivity index (χ4v) is 1.93. The lowest BCUT2D eigenvalue weighted by molar-refractivity contribution is -0.120. The van der Waals surface area contributed by atoms with Gasteiger partial charge in [-0.3, -0.25) is 14.4 Å². The van der Waals surface area contributed by atoms with E-state index in [1.165, 1.54) is 25.1 Å². The van der Waals surface area contributed by atoms with E-state index in [1.807, 2.05) is 0 Å². The highest BCUT2D eigenvalue weighted by atomic mass is 16.5. The molecule has 1 heterocycles. The van der Waals surface area contributed by atoms with Crippen LogP contribution in [0.5, 0.6) is 0 Å². The Morgan fingerprint density at radius 3 is 2.14 bits per heavy atom. The molecule has 6 heteroatoms. The average Bonchev–Trinajstić information content (AvgIpc) is 2.78. The molecule has 0 aromatic heterocycles. The molecule has 1 aliphatic rings. The number of Topliss-reactive ketones (excluding diaryl/α,β-unsaturated/α-hetero) is 1. The number of carbonyl (C=O) groups is 4. The maximum Gasteiger partial charge on any atom is 0.338 e. The van der Waals surface area contributed by atoms with Crippen molar-refractivity contribution in [2.75, 3.05) is 11.5 Å². The second-order valence-corrected chi connectivity index (χ2v) is 4.39. The predicted octanol–water partition coefficient (Wildman–Crippen LogP) is 1.50. The van der Waals surface area contributed by atoms with Crippen molar-refractivity contribution in [2.24, 2.45) is 0 Å². The molecule has 0 atom stereocenters. The van der Waals surface area contributed by atoms with Crippen molar-refractivity contribution < 1.29 is 23.9 Å². The molecule has 2 rings (SSSR count). The van der Waals surface area contributed by atoms with Gasteiger partial charge in [0.25, 0.3) is 11.8 Å². The number of amides is 2. The van der Waals surface area contributed by atoms with Crippen LogP contribution in [-0.4, -0.2) is 30.2 Å². The molecule has 0 bridgehead atoms. The maximum atomic E-state index is 11.8. The normalized spacial score (nSPS) is 13.7. The van der Waals surface area contributed by atoms with Crippen molar-refractivity contribution in [3.63, 3.8) is 0 Å². The number of carbonyl (C=O) groups excluding carboxylic acids is 4. The van der Waals surface area contributed by atoms with E-state index in [-0.39, 0.29) is 29.2 Å². The topological polar surface area (TPSA) is 80.8 Å². The van der Waals surface area contributed by atoms with E-state index in [0.29, 0.717) is 0 Å². The minimum absolute atomic E-state index is 0.118. The lowest BCUT2D eigenvalue weighted by Gasteiger charge is -2.16. The molecule has 0 radical (unpaired) electrons. The van der Waals surface area contributed by atoms with Gasteiger partial charge in [0.05, 0.1) is 17.9 Å². The van der Waals surface area contributed by atoms with E-state index in [1.54, 1.807) is 6.92 Å². The minimum Gasteiger partial charge on any atom is -0.462 e. The van der Waals surface area contributed by atoms with Crippen LogP contribution in [0.1, 0.15) is 34.6 Å². The van der Waals surface area contributed by atoms with E-state index in [2.05, 4.69) is 0 Å². The van der Waals surface area contributed by atoms with Gasteiger partial charge in [-0.2, -0.15) is 0 Å². The lowest BCUT2D eigenvalue weighted by atomic mass is 10.1. The molecule has 0 aliphatic carbocycles. The van der Waals surface area contributed by atoms with Crippen molar-refractivity contribution in [1.82, 2.24) is 0 Å². The molecule has 1 aromatic rings. The first kappa shape index (κ1) is 14.6. The summed E-state index contributed by atoms with van der Waals surface area (Å²) < 4.78 is 4.88. The Morgan fingerprint density at radius 2 is 1.62 bits per heavy atom.